The number of aromatic nitrogens is 4. The van der Waals surface area contributed by atoms with Crippen LogP contribution in [0.2, 0.25) is 0 Å². The molecule has 3 rings (SSSR count). The van der Waals surface area contributed by atoms with Crippen molar-refractivity contribution in [2.75, 3.05) is 12.3 Å². The molecule has 174 valence electrons. The Morgan fingerprint density at radius 3 is 2.45 bits per heavy atom. The number of aliphatic hydroxyl groups is 2. The first-order valence-electron chi connectivity index (χ1n) is 8.00. The number of rotatable bonds is 8. The summed E-state index contributed by atoms with van der Waals surface area (Å²) in [6, 6.07) is 0. The minimum Gasteiger partial charge on any atom is -0.387 e. The van der Waals surface area contributed by atoms with E-state index in [1.165, 1.54) is 10.9 Å². The summed E-state index contributed by atoms with van der Waals surface area (Å²) >= 11 is 0. The molecule has 0 radical (unpaired) electrons. The maximum Gasteiger partial charge on any atom is 0.480 e. The van der Waals surface area contributed by atoms with Crippen LogP contribution in [-0.4, -0.2) is 74.2 Å². The first-order chi connectivity index (χ1) is 14.2. The number of nitrogen functional groups attached to an aromatic ring is 1. The molecule has 1 aliphatic rings. The molecule has 1 fully saturated rings. The number of nitrogens with one attached hydrogen (secondary N) is 1. The predicted octanol–water partition coefficient (Wildman–Crippen LogP) is -2.06. The molecular weight excluding hydrogens is 489 g/mol. The number of hydrogen-bond donors (Lipinski definition) is 8. The van der Waals surface area contributed by atoms with Gasteiger partial charge in [-0.05, 0) is 0 Å². The monoisotopic (exact) mass is 506 g/mol. The van der Waals surface area contributed by atoms with Crippen LogP contribution in [0.4, 0.5) is 5.82 Å². The second-order valence-corrected chi connectivity index (χ2v) is 10.9. The van der Waals surface area contributed by atoms with E-state index >= 15 is 0 Å². The van der Waals surface area contributed by atoms with Crippen molar-refractivity contribution in [2.45, 2.75) is 24.5 Å². The number of phosphoric acid groups is 1. The maximum absolute atomic E-state index is 11.8. The number of ether oxygens (including phenoxy) is 1. The lowest BCUT2D eigenvalue weighted by Crippen LogP contribution is -2.33. The Kier molecular flexibility index (Phi) is 6.68. The summed E-state index contributed by atoms with van der Waals surface area (Å²) in [5, 5.41) is 20.4. The Morgan fingerprint density at radius 1 is 1.13 bits per heavy atom. The van der Waals surface area contributed by atoms with Crippen molar-refractivity contribution in [3.05, 3.63) is 12.7 Å². The molecule has 0 bridgehead atoms. The van der Waals surface area contributed by atoms with E-state index in [2.05, 4.69) is 23.8 Å². The zero-order chi connectivity index (χ0) is 23.2. The molecule has 9 N–H and O–H groups in total. The van der Waals surface area contributed by atoms with Gasteiger partial charge in [-0.2, -0.15) is 4.31 Å². The number of aliphatic hydroxyl groups excluding tert-OH is 2. The summed E-state index contributed by atoms with van der Waals surface area (Å²) in [6.07, 6.45) is -3.62. The topological polar surface area (TPSA) is 282 Å². The molecule has 3 unspecified atom stereocenters. The molecule has 0 aromatic carbocycles. The van der Waals surface area contributed by atoms with E-state index in [1.807, 2.05) is 0 Å². The van der Waals surface area contributed by atoms with Crippen LogP contribution in [0.1, 0.15) is 6.23 Å². The lowest BCUT2D eigenvalue weighted by Gasteiger charge is -2.19. The number of fused-ring (bicyclic) bond motifs is 1. The lowest BCUT2D eigenvalue weighted by molar-refractivity contribution is -0.0502. The standard InChI is InChI=1S/C10H17N6O12P3/c11-8-5-9(13-2-12-8)16(3-14-5)10-7(18)6(17)4(27-10)1-26-31(24,25)28-30(22,23)15-29(19,20)21/h2-4,6-7,10,17-18H,1H2,(H,24,25)(H2,11,12,13)(H4,15,19,20,21,22,23)/t4-,6?,7+,10-/m1/s1. The van der Waals surface area contributed by atoms with Crippen LogP contribution in [0.5, 0.6) is 0 Å². The van der Waals surface area contributed by atoms with E-state index in [0.29, 0.717) is 0 Å². The minimum absolute atomic E-state index is 0.0485. The maximum atomic E-state index is 11.8. The number of nitrogens with two attached hydrogens (primary N) is 1. The van der Waals surface area contributed by atoms with Gasteiger partial charge in [0.1, 0.15) is 30.2 Å². The smallest absolute Gasteiger partial charge is 0.387 e. The molecule has 6 atom stereocenters. The van der Waals surface area contributed by atoms with Crippen molar-refractivity contribution in [3.8, 4) is 0 Å². The third-order valence-corrected chi connectivity index (χ3v) is 8.11. The zero-order valence-corrected chi connectivity index (χ0v) is 17.7. The first-order valence-corrected chi connectivity index (χ1v) is 12.7. The van der Waals surface area contributed by atoms with E-state index in [9.17, 15) is 33.7 Å². The molecule has 31 heavy (non-hydrogen) atoms. The van der Waals surface area contributed by atoms with Gasteiger partial charge in [-0.15, -0.1) is 4.86 Å². The molecule has 2 aromatic heterocycles. The van der Waals surface area contributed by atoms with Crippen LogP contribution in [0.15, 0.2) is 12.7 Å². The number of hydrogen-bond acceptors (Lipinski definition) is 12. The van der Waals surface area contributed by atoms with Gasteiger partial charge in [0.2, 0.25) is 0 Å². The average Bonchev–Trinajstić information content (AvgIpc) is 3.13. The van der Waals surface area contributed by atoms with Crippen LogP contribution in [0.3, 0.4) is 0 Å². The van der Waals surface area contributed by atoms with Crippen molar-refractivity contribution in [2.24, 2.45) is 0 Å². The fraction of sp³-hybridized carbons (Fsp3) is 0.500. The van der Waals surface area contributed by atoms with Gasteiger partial charge in [0, 0.05) is 0 Å². The van der Waals surface area contributed by atoms with Gasteiger partial charge in [-0.3, -0.25) is 9.09 Å². The Balaban J connectivity index is 1.69. The van der Waals surface area contributed by atoms with Crippen molar-refractivity contribution < 1.29 is 57.1 Å². The minimum atomic E-state index is -5.45. The van der Waals surface area contributed by atoms with E-state index in [-0.39, 0.29) is 17.0 Å². The van der Waals surface area contributed by atoms with Crippen molar-refractivity contribution in [3.63, 3.8) is 0 Å². The van der Waals surface area contributed by atoms with Crippen LogP contribution >= 0.6 is 23.3 Å². The molecule has 3 heterocycles. The second kappa shape index (κ2) is 8.53. The molecule has 18 nitrogen and oxygen atoms in total. The predicted molar refractivity (Wildman–Crippen MR) is 97.5 cm³/mol. The Morgan fingerprint density at radius 2 is 1.81 bits per heavy atom. The summed E-state index contributed by atoms with van der Waals surface area (Å²) in [5.74, 6) is 0.0485. The summed E-state index contributed by atoms with van der Waals surface area (Å²) in [6.45, 7) is -0.928. The Bertz CT molecular complexity index is 1110. The number of imidazole rings is 1. The number of phosphoric ester groups is 1. The van der Waals surface area contributed by atoms with Crippen LogP contribution in [-0.2, 0) is 27.3 Å². The fourth-order valence-corrected chi connectivity index (χ4v) is 6.10. The molecule has 1 saturated heterocycles. The normalized spacial score (nSPS) is 28.5. The van der Waals surface area contributed by atoms with Gasteiger partial charge in [-0.1, -0.05) is 0 Å². The highest BCUT2D eigenvalue weighted by Crippen LogP contribution is 2.61. The number of nitrogens with zero attached hydrogens (tertiary/aromatic N) is 4. The molecule has 21 heteroatoms. The molecular formula is C10H17N6O12P3. The van der Waals surface area contributed by atoms with E-state index < -0.39 is 54.5 Å². The SMILES string of the molecule is Nc1ncnc2c1ncn2[C@@H]1O[C@H](COP(=O)(O)OP(=O)(O)NP(=O)(O)O)C(O)[C@@H]1O. The van der Waals surface area contributed by atoms with Gasteiger partial charge in [0.25, 0.3) is 0 Å². The molecule has 1 aliphatic heterocycles. The van der Waals surface area contributed by atoms with Gasteiger partial charge in [0.15, 0.2) is 17.7 Å². The zero-order valence-electron chi connectivity index (χ0n) is 15.0. The summed E-state index contributed by atoms with van der Waals surface area (Å²) < 4.78 is 48.9. The average molecular weight is 506 g/mol. The second-order valence-electron chi connectivity index (χ2n) is 6.14. The van der Waals surface area contributed by atoms with E-state index in [0.717, 1.165) is 11.2 Å². The Labute approximate surface area is 172 Å². The third-order valence-electron chi connectivity index (χ3n) is 3.87. The first kappa shape index (κ1) is 24.3. The fourth-order valence-electron chi connectivity index (χ4n) is 2.67. The molecule has 0 spiro atoms. The van der Waals surface area contributed by atoms with Crippen LogP contribution in [0, 0.1) is 0 Å². The van der Waals surface area contributed by atoms with Crippen LogP contribution in [0.25, 0.3) is 11.2 Å². The molecule has 0 amide bonds. The van der Waals surface area contributed by atoms with Gasteiger partial charge in [0.05, 0.1) is 12.9 Å². The summed E-state index contributed by atoms with van der Waals surface area (Å²) in [5.41, 5.74) is 6.02. The van der Waals surface area contributed by atoms with Crippen molar-refractivity contribution >= 4 is 40.3 Å². The van der Waals surface area contributed by atoms with Gasteiger partial charge in [-0.25, -0.2) is 28.6 Å². The largest absolute Gasteiger partial charge is 0.480 e. The highest BCUT2D eigenvalue weighted by Gasteiger charge is 2.46. The van der Waals surface area contributed by atoms with Crippen molar-refractivity contribution in [1.29, 1.82) is 0 Å². The number of anilines is 1. The summed E-state index contributed by atoms with van der Waals surface area (Å²) in [7, 11) is -16.1. The van der Waals surface area contributed by atoms with E-state index in [4.69, 9.17) is 20.3 Å². The molecule has 0 aliphatic carbocycles. The lowest BCUT2D eigenvalue weighted by atomic mass is 10.1. The quantitative estimate of drug-likeness (QED) is 0.179. The highest BCUT2D eigenvalue weighted by atomic mass is 31.3. The molecule has 0 saturated carbocycles. The summed E-state index contributed by atoms with van der Waals surface area (Å²) in [4.78, 5) is 48.5. The molecule has 2 aromatic rings. The third kappa shape index (κ3) is 5.71. The van der Waals surface area contributed by atoms with Gasteiger partial charge >= 0.3 is 23.3 Å². The van der Waals surface area contributed by atoms with Crippen LogP contribution < -0.4 is 10.6 Å². The van der Waals surface area contributed by atoms with E-state index in [1.54, 1.807) is 0 Å². The van der Waals surface area contributed by atoms with Gasteiger partial charge < -0.3 is 40.3 Å². The van der Waals surface area contributed by atoms with Crippen molar-refractivity contribution in [1.82, 2.24) is 24.4 Å². The Hall–Kier alpha value is -1.36. The highest BCUT2D eigenvalue weighted by molar-refractivity contribution is 7.70.